The Morgan fingerprint density at radius 1 is 1.14 bits per heavy atom. The fourth-order valence-corrected chi connectivity index (χ4v) is 3.29. The van der Waals surface area contributed by atoms with Crippen molar-refractivity contribution in [1.29, 1.82) is 5.26 Å². The van der Waals surface area contributed by atoms with Gasteiger partial charge >= 0.3 is 6.01 Å². The van der Waals surface area contributed by atoms with Gasteiger partial charge in [-0.05, 0) is 22.4 Å². The van der Waals surface area contributed by atoms with Crippen LogP contribution in [0.4, 0.5) is 5.95 Å². The second-order valence-electron chi connectivity index (χ2n) is 5.81. The molecule has 0 aliphatic heterocycles. The molecule has 0 aliphatic carbocycles. The van der Waals surface area contributed by atoms with E-state index in [1.165, 1.54) is 30.9 Å². The van der Waals surface area contributed by atoms with E-state index in [4.69, 9.17) is 20.5 Å². The van der Waals surface area contributed by atoms with Gasteiger partial charge in [0.1, 0.15) is 11.7 Å². The lowest BCUT2D eigenvalue weighted by molar-refractivity contribution is 0.414. The maximum Gasteiger partial charge on any atom is 0.327 e. The number of rotatable bonds is 5. The van der Waals surface area contributed by atoms with Crippen molar-refractivity contribution < 1.29 is 9.47 Å². The molecular formula is C18H13BrN8O2. The van der Waals surface area contributed by atoms with Crippen LogP contribution in [0.3, 0.4) is 0 Å². The summed E-state index contributed by atoms with van der Waals surface area (Å²) < 4.78 is 12.4. The first kappa shape index (κ1) is 18.6. The highest BCUT2D eigenvalue weighted by atomic mass is 79.9. The molecule has 4 rings (SSSR count). The van der Waals surface area contributed by atoms with Crippen molar-refractivity contribution in [2.24, 2.45) is 0 Å². The van der Waals surface area contributed by atoms with Crippen LogP contribution in [0.1, 0.15) is 18.2 Å². The first-order valence-corrected chi connectivity index (χ1v) is 9.23. The molecule has 0 atom stereocenters. The lowest BCUT2D eigenvalue weighted by Crippen LogP contribution is -1.98. The maximum atomic E-state index is 9.03. The Hall–Kier alpha value is -3.78. The number of nitriles is 1. The van der Waals surface area contributed by atoms with Gasteiger partial charge in [0, 0.05) is 18.0 Å². The average Bonchev–Trinajstić information content (AvgIpc) is 3.05. The van der Waals surface area contributed by atoms with E-state index in [1.54, 1.807) is 0 Å². The van der Waals surface area contributed by atoms with Crippen molar-refractivity contribution in [2.45, 2.75) is 13.3 Å². The molecule has 0 saturated carbocycles. The van der Waals surface area contributed by atoms with E-state index in [0.29, 0.717) is 28.1 Å². The number of halogens is 1. The fraction of sp³-hybridized carbons (Fsp3) is 0.111. The Bertz CT molecular complexity index is 1230. The lowest BCUT2D eigenvalue weighted by Gasteiger charge is -2.08. The third kappa shape index (κ3) is 3.78. The number of nitrogens with two attached hydrogens (primary N) is 1. The van der Waals surface area contributed by atoms with Gasteiger partial charge in [0.15, 0.2) is 11.5 Å². The maximum absolute atomic E-state index is 9.03. The summed E-state index contributed by atoms with van der Waals surface area (Å²) in [4.78, 5) is 23.8. The van der Waals surface area contributed by atoms with Gasteiger partial charge in [-0.25, -0.2) is 9.97 Å². The molecule has 0 bridgehead atoms. The SMILES string of the molecule is CCc1[nH]c2nc(Oc3cncc(C#N)c3)nc(Oc3cnc(N)nc3)c2c1Br. The molecular weight excluding hydrogens is 440 g/mol. The predicted octanol–water partition coefficient (Wildman–Crippen LogP) is 3.51. The van der Waals surface area contributed by atoms with E-state index in [2.05, 4.69) is 45.8 Å². The number of fused-ring (bicyclic) bond motifs is 1. The topological polar surface area (TPSA) is 149 Å². The first-order chi connectivity index (χ1) is 14.1. The molecule has 0 radical (unpaired) electrons. The third-order valence-corrected chi connectivity index (χ3v) is 4.75. The normalized spacial score (nSPS) is 10.7. The minimum atomic E-state index is 0.0251. The molecule has 0 saturated heterocycles. The summed E-state index contributed by atoms with van der Waals surface area (Å²) >= 11 is 3.57. The Labute approximate surface area is 172 Å². The summed E-state index contributed by atoms with van der Waals surface area (Å²) in [7, 11) is 0. The molecule has 3 N–H and O–H groups in total. The number of nitrogens with zero attached hydrogens (tertiary/aromatic N) is 6. The quantitative estimate of drug-likeness (QED) is 0.463. The third-order valence-electron chi connectivity index (χ3n) is 3.88. The van der Waals surface area contributed by atoms with Crippen LogP contribution in [0.15, 0.2) is 35.3 Å². The van der Waals surface area contributed by atoms with Gasteiger partial charge in [-0.1, -0.05) is 6.92 Å². The Morgan fingerprint density at radius 2 is 1.93 bits per heavy atom. The minimum absolute atomic E-state index is 0.0251. The second kappa shape index (κ2) is 7.69. The molecule has 0 unspecified atom stereocenters. The molecule has 4 heterocycles. The van der Waals surface area contributed by atoms with E-state index in [-0.39, 0.29) is 17.8 Å². The zero-order chi connectivity index (χ0) is 20.4. The predicted molar refractivity (Wildman–Crippen MR) is 107 cm³/mol. The van der Waals surface area contributed by atoms with E-state index in [9.17, 15) is 0 Å². The number of nitrogen functional groups attached to an aromatic ring is 1. The Kier molecular flexibility index (Phi) is 4.92. The molecule has 0 spiro atoms. The van der Waals surface area contributed by atoms with Gasteiger partial charge in [-0.15, -0.1) is 0 Å². The number of aromatic amines is 1. The van der Waals surface area contributed by atoms with Gasteiger partial charge in [-0.3, -0.25) is 4.98 Å². The number of hydrogen-bond donors (Lipinski definition) is 2. The highest BCUT2D eigenvalue weighted by molar-refractivity contribution is 9.10. The molecule has 11 heteroatoms. The standard InChI is InChI=1S/C18H13BrN8O2/c1-2-12-14(19)13-15(25-12)26-18(29-10-3-9(4-20)5-22-6-10)27-16(13)28-11-7-23-17(21)24-8-11/h3,5-8H,2H2,1H3,(H2,21,23,24)(H,25,26,27). The molecule has 0 fully saturated rings. The number of aryl methyl sites for hydroxylation is 1. The monoisotopic (exact) mass is 452 g/mol. The Balaban J connectivity index is 1.79. The summed E-state index contributed by atoms with van der Waals surface area (Å²) in [6.45, 7) is 2.01. The summed E-state index contributed by atoms with van der Waals surface area (Å²) in [5.41, 5.74) is 7.33. The van der Waals surface area contributed by atoms with Crippen LogP contribution in [-0.4, -0.2) is 29.9 Å². The van der Waals surface area contributed by atoms with E-state index in [1.807, 2.05) is 13.0 Å². The smallest absolute Gasteiger partial charge is 0.327 e. The second-order valence-corrected chi connectivity index (χ2v) is 6.60. The zero-order valence-electron chi connectivity index (χ0n) is 15.0. The van der Waals surface area contributed by atoms with Gasteiger partial charge in [-0.2, -0.15) is 15.2 Å². The minimum Gasteiger partial charge on any atom is -0.435 e. The summed E-state index contributed by atoms with van der Waals surface area (Å²) in [5.74, 6) is 1.05. The van der Waals surface area contributed by atoms with E-state index >= 15 is 0 Å². The van der Waals surface area contributed by atoms with Crippen LogP contribution >= 0.6 is 15.9 Å². The van der Waals surface area contributed by atoms with Gasteiger partial charge in [0.25, 0.3) is 0 Å². The number of aromatic nitrogens is 6. The number of H-pyrrole nitrogens is 1. The average molecular weight is 453 g/mol. The molecule has 0 amide bonds. The van der Waals surface area contributed by atoms with Crippen LogP contribution in [-0.2, 0) is 6.42 Å². The van der Waals surface area contributed by atoms with Crippen LogP contribution < -0.4 is 15.2 Å². The highest BCUT2D eigenvalue weighted by Gasteiger charge is 2.19. The van der Waals surface area contributed by atoms with Crippen molar-refractivity contribution in [1.82, 2.24) is 29.9 Å². The van der Waals surface area contributed by atoms with E-state index in [0.717, 1.165) is 16.6 Å². The van der Waals surface area contributed by atoms with Gasteiger partial charge < -0.3 is 20.2 Å². The number of ether oxygens (including phenoxy) is 2. The van der Waals surface area contributed by atoms with Crippen LogP contribution in [0, 0.1) is 11.3 Å². The molecule has 10 nitrogen and oxygen atoms in total. The molecule has 144 valence electrons. The Morgan fingerprint density at radius 3 is 2.66 bits per heavy atom. The van der Waals surface area contributed by atoms with Crippen molar-refractivity contribution in [3.8, 4) is 29.5 Å². The summed E-state index contributed by atoms with van der Waals surface area (Å²) in [6, 6.07) is 3.57. The van der Waals surface area contributed by atoms with Gasteiger partial charge in [0.05, 0.1) is 34.0 Å². The van der Waals surface area contributed by atoms with Crippen molar-refractivity contribution in [3.05, 3.63) is 46.6 Å². The molecule has 29 heavy (non-hydrogen) atoms. The largest absolute Gasteiger partial charge is 0.435 e. The zero-order valence-corrected chi connectivity index (χ0v) is 16.6. The molecule has 4 aromatic rings. The molecule has 4 aromatic heterocycles. The highest BCUT2D eigenvalue weighted by Crippen LogP contribution is 2.37. The molecule has 0 aliphatic rings. The van der Waals surface area contributed by atoms with Crippen LogP contribution in [0.25, 0.3) is 11.0 Å². The number of nitrogens with one attached hydrogen (secondary N) is 1. The van der Waals surface area contributed by atoms with Gasteiger partial charge in [0.2, 0.25) is 11.8 Å². The lowest BCUT2D eigenvalue weighted by atomic mass is 10.3. The number of pyridine rings is 1. The van der Waals surface area contributed by atoms with Crippen molar-refractivity contribution >= 4 is 32.9 Å². The van der Waals surface area contributed by atoms with Crippen LogP contribution in [0.2, 0.25) is 0 Å². The van der Waals surface area contributed by atoms with Crippen molar-refractivity contribution in [2.75, 3.05) is 5.73 Å². The van der Waals surface area contributed by atoms with Crippen LogP contribution in [0.5, 0.6) is 23.4 Å². The van der Waals surface area contributed by atoms with Crippen molar-refractivity contribution in [3.63, 3.8) is 0 Å². The first-order valence-electron chi connectivity index (χ1n) is 8.43. The molecule has 0 aromatic carbocycles. The number of hydrogen-bond acceptors (Lipinski definition) is 9. The summed E-state index contributed by atoms with van der Waals surface area (Å²) in [5, 5.41) is 9.68. The fourth-order valence-electron chi connectivity index (χ4n) is 2.55. The summed E-state index contributed by atoms with van der Waals surface area (Å²) in [6.07, 6.45) is 6.52. The number of anilines is 1. The van der Waals surface area contributed by atoms with E-state index < -0.39 is 0 Å².